The first kappa shape index (κ1) is 23.6. The maximum atomic E-state index is 10.2. The van der Waals surface area contributed by atoms with Gasteiger partial charge in [-0.15, -0.1) is 0 Å². The van der Waals surface area contributed by atoms with Crippen LogP contribution < -0.4 is 9.47 Å². The molecule has 0 bridgehead atoms. The van der Waals surface area contributed by atoms with E-state index in [1.807, 2.05) is 36.4 Å². The van der Waals surface area contributed by atoms with Gasteiger partial charge < -0.3 is 19.7 Å². The predicted molar refractivity (Wildman–Crippen MR) is 138 cm³/mol. The van der Waals surface area contributed by atoms with E-state index in [1.54, 1.807) is 18.2 Å². The van der Waals surface area contributed by atoms with Crippen molar-refractivity contribution in [3.63, 3.8) is 0 Å². The maximum absolute atomic E-state index is 10.2. The Kier molecular flexibility index (Phi) is 6.87. The smallest absolute Gasteiger partial charge is 0.131 e. The van der Waals surface area contributed by atoms with Crippen LogP contribution in [0.25, 0.3) is 0 Å². The largest absolute Gasteiger partial charge is 0.508 e. The van der Waals surface area contributed by atoms with E-state index in [1.165, 1.54) is 13.0 Å². The molecule has 0 aromatic heterocycles. The first-order chi connectivity index (χ1) is 17.0. The molecule has 0 amide bonds. The summed E-state index contributed by atoms with van der Waals surface area (Å²) in [5.41, 5.74) is 3.22. The number of fused-ring (bicyclic) bond motifs is 1. The maximum Gasteiger partial charge on any atom is 0.131 e. The molecular formula is C30H35NO4. The van der Waals surface area contributed by atoms with Crippen LogP contribution in [-0.4, -0.2) is 41.4 Å². The van der Waals surface area contributed by atoms with Gasteiger partial charge in [0.05, 0.1) is 0 Å². The Balaban J connectivity index is 1.39. The van der Waals surface area contributed by atoms with Crippen LogP contribution >= 0.6 is 0 Å². The molecule has 3 aromatic rings. The molecule has 4 atom stereocenters. The second-order valence-corrected chi connectivity index (χ2v) is 10.0. The molecule has 2 N–H and O–H groups in total. The second kappa shape index (κ2) is 10.2. The normalized spacial score (nSPS) is 24.1. The molecular weight excluding hydrogens is 438 g/mol. The first-order valence-electron chi connectivity index (χ1n) is 12.8. The third-order valence-electron chi connectivity index (χ3n) is 7.52. The van der Waals surface area contributed by atoms with Crippen LogP contribution in [0.3, 0.4) is 0 Å². The molecule has 35 heavy (non-hydrogen) atoms. The molecule has 0 radical (unpaired) electrons. The number of phenolic OH excluding ortho intramolecular Hbond substituents is 2. The van der Waals surface area contributed by atoms with Crippen LogP contribution in [0.1, 0.15) is 61.3 Å². The van der Waals surface area contributed by atoms with Gasteiger partial charge in [-0.25, -0.2) is 0 Å². The summed E-state index contributed by atoms with van der Waals surface area (Å²) < 4.78 is 12.6. The Morgan fingerprint density at radius 1 is 0.943 bits per heavy atom. The zero-order valence-electron chi connectivity index (χ0n) is 20.6. The van der Waals surface area contributed by atoms with E-state index in [9.17, 15) is 10.2 Å². The van der Waals surface area contributed by atoms with Crippen LogP contribution in [0.15, 0.2) is 66.7 Å². The molecule has 1 fully saturated rings. The summed E-state index contributed by atoms with van der Waals surface area (Å²) >= 11 is 0. The molecule has 0 aliphatic carbocycles. The molecule has 5 nitrogen and oxygen atoms in total. The van der Waals surface area contributed by atoms with Gasteiger partial charge in [-0.3, -0.25) is 4.90 Å². The fourth-order valence-electron chi connectivity index (χ4n) is 5.68. The lowest BCUT2D eigenvalue weighted by atomic mass is 9.73. The minimum atomic E-state index is -0.193. The number of ether oxygens (including phenoxy) is 2. The highest BCUT2D eigenvalue weighted by atomic mass is 16.5. The number of nitrogens with zero attached hydrogens (tertiary/aromatic N) is 1. The summed E-state index contributed by atoms with van der Waals surface area (Å²) in [6, 6.07) is 21.1. The monoisotopic (exact) mass is 473 g/mol. The number of aromatic hydroxyl groups is 2. The van der Waals surface area contributed by atoms with E-state index in [4.69, 9.17) is 9.47 Å². The van der Waals surface area contributed by atoms with Gasteiger partial charge in [0.1, 0.15) is 35.7 Å². The topological polar surface area (TPSA) is 62.2 Å². The minimum absolute atomic E-state index is 0.0406. The highest BCUT2D eigenvalue weighted by molar-refractivity contribution is 5.48. The summed E-state index contributed by atoms with van der Waals surface area (Å²) in [4.78, 5) is 2.47. The Labute approximate surface area is 207 Å². The summed E-state index contributed by atoms with van der Waals surface area (Å²) in [7, 11) is 0. The third-order valence-corrected chi connectivity index (χ3v) is 7.52. The molecule has 4 unspecified atom stereocenters. The zero-order chi connectivity index (χ0) is 24.4. The van der Waals surface area contributed by atoms with Crippen molar-refractivity contribution >= 4 is 0 Å². The van der Waals surface area contributed by atoms with E-state index in [0.717, 1.165) is 53.6 Å². The number of hydrogen-bond donors (Lipinski definition) is 2. The summed E-state index contributed by atoms with van der Waals surface area (Å²) in [6.07, 6.45) is 1.99. The van der Waals surface area contributed by atoms with Crippen molar-refractivity contribution in [2.75, 3.05) is 26.2 Å². The standard InChI is InChI=1S/C30H35NO4/c1-3-26-27-18-24(33)10-13-28(27)35-30(29(26)21-4-8-23(32)9-5-21)22-6-11-25(12-7-22)34-17-16-31-15-14-20(2)19-31/h4-13,18,20,26,29-30,32-33H,3,14-17,19H2,1-2H3. The van der Waals surface area contributed by atoms with Gasteiger partial charge in [-0.1, -0.05) is 38.1 Å². The average Bonchev–Trinajstić information content (AvgIpc) is 3.29. The van der Waals surface area contributed by atoms with E-state index in [2.05, 4.69) is 30.9 Å². The van der Waals surface area contributed by atoms with E-state index < -0.39 is 0 Å². The average molecular weight is 474 g/mol. The first-order valence-corrected chi connectivity index (χ1v) is 12.8. The molecule has 5 heteroatoms. The van der Waals surface area contributed by atoms with Gasteiger partial charge in [-0.05, 0) is 84.8 Å². The van der Waals surface area contributed by atoms with Gasteiger partial charge in [0.2, 0.25) is 0 Å². The zero-order valence-corrected chi connectivity index (χ0v) is 20.6. The van der Waals surface area contributed by atoms with Crippen LogP contribution in [-0.2, 0) is 0 Å². The number of benzene rings is 3. The van der Waals surface area contributed by atoms with Gasteiger partial charge in [0, 0.05) is 24.6 Å². The number of likely N-dealkylation sites (tertiary alicyclic amines) is 1. The minimum Gasteiger partial charge on any atom is -0.508 e. The van der Waals surface area contributed by atoms with Crippen LogP contribution in [0.5, 0.6) is 23.0 Å². The van der Waals surface area contributed by atoms with Crippen molar-refractivity contribution in [2.24, 2.45) is 5.92 Å². The van der Waals surface area contributed by atoms with Crippen molar-refractivity contribution in [3.05, 3.63) is 83.4 Å². The summed E-state index contributed by atoms with van der Waals surface area (Å²) in [6.45, 7) is 8.46. The Hall–Kier alpha value is -3.18. The summed E-state index contributed by atoms with van der Waals surface area (Å²) in [5.74, 6) is 3.17. The van der Waals surface area contributed by atoms with Crippen molar-refractivity contribution in [2.45, 2.75) is 44.6 Å². The fourth-order valence-corrected chi connectivity index (χ4v) is 5.68. The van der Waals surface area contributed by atoms with Gasteiger partial charge in [0.25, 0.3) is 0 Å². The highest BCUT2D eigenvalue weighted by Crippen LogP contribution is 2.53. The number of rotatable bonds is 7. The number of hydrogen-bond acceptors (Lipinski definition) is 5. The lowest BCUT2D eigenvalue weighted by Gasteiger charge is -2.40. The van der Waals surface area contributed by atoms with Crippen LogP contribution in [0, 0.1) is 5.92 Å². The molecule has 2 aliphatic rings. The number of phenols is 2. The van der Waals surface area contributed by atoms with Gasteiger partial charge >= 0.3 is 0 Å². The molecule has 1 saturated heterocycles. The van der Waals surface area contributed by atoms with Gasteiger partial charge in [0.15, 0.2) is 0 Å². The molecule has 2 heterocycles. The van der Waals surface area contributed by atoms with Crippen LogP contribution in [0.2, 0.25) is 0 Å². The Morgan fingerprint density at radius 3 is 2.34 bits per heavy atom. The second-order valence-electron chi connectivity index (χ2n) is 10.0. The Morgan fingerprint density at radius 2 is 1.66 bits per heavy atom. The van der Waals surface area contributed by atoms with E-state index in [0.29, 0.717) is 6.61 Å². The molecule has 5 rings (SSSR count). The quantitative estimate of drug-likeness (QED) is 0.426. The Bertz CT molecular complexity index is 1130. The van der Waals surface area contributed by atoms with Crippen molar-refractivity contribution in [3.8, 4) is 23.0 Å². The fraction of sp³-hybridized carbons (Fsp3) is 0.400. The van der Waals surface area contributed by atoms with Crippen LogP contribution in [0.4, 0.5) is 0 Å². The van der Waals surface area contributed by atoms with Gasteiger partial charge in [-0.2, -0.15) is 0 Å². The van der Waals surface area contributed by atoms with Crippen molar-refractivity contribution < 1.29 is 19.7 Å². The van der Waals surface area contributed by atoms with E-state index in [-0.39, 0.29) is 29.4 Å². The SMILES string of the molecule is CCC1c2cc(O)ccc2OC(c2ccc(OCCN3CCC(C)C3)cc2)C1c1ccc(O)cc1. The highest BCUT2D eigenvalue weighted by Gasteiger charge is 2.39. The van der Waals surface area contributed by atoms with Crippen molar-refractivity contribution in [1.82, 2.24) is 4.90 Å². The third kappa shape index (κ3) is 5.10. The molecule has 2 aliphatic heterocycles. The lowest BCUT2D eigenvalue weighted by molar-refractivity contribution is 0.131. The summed E-state index contributed by atoms with van der Waals surface area (Å²) in [5, 5.41) is 20.0. The molecule has 0 spiro atoms. The van der Waals surface area contributed by atoms with Crippen molar-refractivity contribution in [1.29, 1.82) is 0 Å². The van der Waals surface area contributed by atoms with E-state index >= 15 is 0 Å². The lowest BCUT2D eigenvalue weighted by Crippen LogP contribution is -2.28. The molecule has 184 valence electrons. The molecule has 3 aromatic carbocycles. The molecule has 0 saturated carbocycles. The predicted octanol–water partition coefficient (Wildman–Crippen LogP) is 6.23.